The summed E-state index contributed by atoms with van der Waals surface area (Å²) in [7, 11) is -0.684. The molecule has 110 valence electrons. The Morgan fingerprint density at radius 2 is 2.15 bits per heavy atom. The molecule has 0 unspecified atom stereocenters. The second-order valence-corrected chi connectivity index (χ2v) is 6.49. The fourth-order valence-electron chi connectivity index (χ4n) is 2.18. The van der Waals surface area contributed by atoms with E-state index in [0.717, 1.165) is 30.0 Å². The highest BCUT2D eigenvalue weighted by Gasteiger charge is 2.19. The number of nitrogen functional groups attached to an aromatic ring is 1. The van der Waals surface area contributed by atoms with Crippen LogP contribution in [-0.4, -0.2) is 34.3 Å². The van der Waals surface area contributed by atoms with Gasteiger partial charge in [-0.3, -0.25) is 4.21 Å². The van der Waals surface area contributed by atoms with E-state index in [9.17, 15) is 9.00 Å². The monoisotopic (exact) mass is 296 g/mol. The molecule has 0 radical (unpaired) electrons. The van der Waals surface area contributed by atoms with Crippen molar-refractivity contribution in [3.05, 3.63) is 23.8 Å². The summed E-state index contributed by atoms with van der Waals surface area (Å²) in [5.41, 5.74) is 7.77. The van der Waals surface area contributed by atoms with Crippen LogP contribution in [-0.2, 0) is 15.5 Å². The highest BCUT2D eigenvalue weighted by Crippen LogP contribution is 2.24. The number of hydrogen-bond donors (Lipinski definition) is 2. The Bertz CT molecular complexity index is 509. The van der Waals surface area contributed by atoms with Crippen molar-refractivity contribution in [1.29, 1.82) is 0 Å². The minimum Gasteiger partial charge on any atom is -0.462 e. The first-order valence-corrected chi connectivity index (χ1v) is 8.27. The van der Waals surface area contributed by atoms with Gasteiger partial charge in [0.15, 0.2) is 0 Å². The molecule has 0 aromatic heterocycles. The minimum atomic E-state index is -0.684. The van der Waals surface area contributed by atoms with Crippen molar-refractivity contribution in [3.63, 3.8) is 0 Å². The van der Waals surface area contributed by atoms with Crippen LogP contribution in [0.3, 0.4) is 0 Å². The summed E-state index contributed by atoms with van der Waals surface area (Å²) in [4.78, 5) is 11.7. The van der Waals surface area contributed by atoms with Crippen LogP contribution in [0.1, 0.15) is 30.1 Å². The van der Waals surface area contributed by atoms with Gasteiger partial charge in [-0.25, -0.2) is 4.79 Å². The summed E-state index contributed by atoms with van der Waals surface area (Å²) in [6, 6.07) is 5.34. The van der Waals surface area contributed by atoms with E-state index < -0.39 is 10.8 Å². The van der Waals surface area contributed by atoms with Crippen LogP contribution >= 0.6 is 0 Å². The summed E-state index contributed by atoms with van der Waals surface area (Å²) in [6.07, 6.45) is 1.71. The lowest BCUT2D eigenvalue weighted by Gasteiger charge is -2.24. The standard InChI is InChI=1S/C14H20N2O3S/c1-2-19-14(17)10-3-4-12(15)13(9-10)16-11-5-7-20(18)8-6-11/h3-4,9,11,16H,2,5-8,15H2,1H3. The molecule has 1 aliphatic heterocycles. The molecule has 1 aromatic rings. The second kappa shape index (κ2) is 6.74. The van der Waals surface area contributed by atoms with Gasteiger partial charge in [-0.05, 0) is 38.0 Å². The van der Waals surface area contributed by atoms with Crippen LogP contribution in [0.5, 0.6) is 0 Å². The van der Waals surface area contributed by atoms with E-state index in [0.29, 0.717) is 17.9 Å². The van der Waals surface area contributed by atoms with Crippen molar-refractivity contribution in [2.75, 3.05) is 29.2 Å². The van der Waals surface area contributed by atoms with Crippen molar-refractivity contribution in [2.45, 2.75) is 25.8 Å². The first kappa shape index (κ1) is 14.8. The van der Waals surface area contributed by atoms with Gasteiger partial charge in [0.25, 0.3) is 0 Å². The van der Waals surface area contributed by atoms with E-state index in [1.165, 1.54) is 0 Å². The molecule has 0 saturated carbocycles. The molecule has 0 bridgehead atoms. The number of benzene rings is 1. The number of carbonyl (C=O) groups is 1. The number of anilines is 2. The quantitative estimate of drug-likeness (QED) is 0.653. The molecule has 1 aliphatic rings. The highest BCUT2D eigenvalue weighted by atomic mass is 32.2. The van der Waals surface area contributed by atoms with Gasteiger partial charge in [-0.1, -0.05) is 0 Å². The van der Waals surface area contributed by atoms with Gasteiger partial charge in [0.2, 0.25) is 0 Å². The zero-order chi connectivity index (χ0) is 14.5. The summed E-state index contributed by atoms with van der Waals surface area (Å²) in [5.74, 6) is 1.09. The van der Waals surface area contributed by atoms with Crippen LogP contribution in [0.2, 0.25) is 0 Å². The molecule has 1 heterocycles. The molecular formula is C14H20N2O3S. The number of nitrogens with one attached hydrogen (secondary N) is 1. The predicted octanol–water partition coefficient (Wildman–Crippen LogP) is 1.77. The third-order valence-electron chi connectivity index (χ3n) is 3.31. The Hall–Kier alpha value is -1.56. The maximum atomic E-state index is 11.7. The molecule has 1 saturated heterocycles. The molecule has 0 spiro atoms. The highest BCUT2D eigenvalue weighted by molar-refractivity contribution is 7.85. The largest absolute Gasteiger partial charge is 0.462 e. The lowest BCUT2D eigenvalue weighted by atomic mass is 10.1. The molecule has 0 aliphatic carbocycles. The van der Waals surface area contributed by atoms with Crippen LogP contribution in [0.25, 0.3) is 0 Å². The topological polar surface area (TPSA) is 81.4 Å². The smallest absolute Gasteiger partial charge is 0.338 e. The Kier molecular flexibility index (Phi) is 5.00. The van der Waals surface area contributed by atoms with Crippen LogP contribution in [0.4, 0.5) is 11.4 Å². The molecule has 0 atom stereocenters. The first-order chi connectivity index (χ1) is 9.60. The molecule has 0 amide bonds. The summed E-state index contributed by atoms with van der Waals surface area (Å²) < 4.78 is 16.3. The molecule has 2 rings (SSSR count). The minimum absolute atomic E-state index is 0.257. The fourth-order valence-corrected chi connectivity index (χ4v) is 3.48. The Morgan fingerprint density at radius 1 is 1.45 bits per heavy atom. The van der Waals surface area contributed by atoms with Gasteiger partial charge < -0.3 is 15.8 Å². The number of rotatable bonds is 4. The average molecular weight is 296 g/mol. The van der Waals surface area contributed by atoms with E-state index in [1.807, 2.05) is 0 Å². The summed E-state index contributed by atoms with van der Waals surface area (Å²) >= 11 is 0. The van der Waals surface area contributed by atoms with Crippen molar-refractivity contribution < 1.29 is 13.7 Å². The van der Waals surface area contributed by atoms with Gasteiger partial charge >= 0.3 is 5.97 Å². The maximum absolute atomic E-state index is 11.7. The summed E-state index contributed by atoms with van der Waals surface area (Å²) in [5, 5.41) is 3.34. The molecule has 1 aromatic carbocycles. The van der Waals surface area contributed by atoms with Crippen molar-refractivity contribution in [1.82, 2.24) is 0 Å². The molecular weight excluding hydrogens is 276 g/mol. The molecule has 6 heteroatoms. The lowest BCUT2D eigenvalue weighted by molar-refractivity contribution is 0.0526. The Labute approximate surface area is 121 Å². The number of nitrogens with two attached hydrogens (primary N) is 1. The van der Waals surface area contributed by atoms with Gasteiger partial charge in [-0.15, -0.1) is 0 Å². The Balaban J connectivity index is 2.08. The first-order valence-electron chi connectivity index (χ1n) is 6.78. The van der Waals surface area contributed by atoms with E-state index in [1.54, 1.807) is 25.1 Å². The maximum Gasteiger partial charge on any atom is 0.338 e. The van der Waals surface area contributed by atoms with Crippen LogP contribution < -0.4 is 11.1 Å². The lowest BCUT2D eigenvalue weighted by Crippen LogP contribution is -2.29. The van der Waals surface area contributed by atoms with E-state index in [-0.39, 0.29) is 12.0 Å². The van der Waals surface area contributed by atoms with Gasteiger partial charge in [0.1, 0.15) is 0 Å². The molecule has 20 heavy (non-hydrogen) atoms. The second-order valence-electron chi connectivity index (χ2n) is 4.79. The van der Waals surface area contributed by atoms with Crippen molar-refractivity contribution >= 4 is 28.1 Å². The zero-order valence-electron chi connectivity index (χ0n) is 11.6. The molecule has 3 N–H and O–H groups in total. The number of esters is 1. The fraction of sp³-hybridized carbons (Fsp3) is 0.500. The SMILES string of the molecule is CCOC(=O)c1ccc(N)c(NC2CCS(=O)CC2)c1. The average Bonchev–Trinajstić information content (AvgIpc) is 2.44. The predicted molar refractivity (Wildman–Crippen MR) is 81.3 cm³/mol. The van der Waals surface area contributed by atoms with E-state index in [4.69, 9.17) is 10.5 Å². The molecule has 1 fully saturated rings. The summed E-state index contributed by atoms with van der Waals surface area (Å²) in [6.45, 7) is 2.12. The zero-order valence-corrected chi connectivity index (χ0v) is 12.4. The number of carbonyl (C=O) groups excluding carboxylic acids is 1. The van der Waals surface area contributed by atoms with Gasteiger partial charge in [-0.2, -0.15) is 0 Å². The van der Waals surface area contributed by atoms with Crippen LogP contribution in [0.15, 0.2) is 18.2 Å². The number of hydrogen-bond acceptors (Lipinski definition) is 5. The third-order valence-corrected chi connectivity index (χ3v) is 4.69. The third kappa shape index (κ3) is 3.72. The van der Waals surface area contributed by atoms with Crippen molar-refractivity contribution in [2.24, 2.45) is 0 Å². The van der Waals surface area contributed by atoms with Crippen LogP contribution in [0, 0.1) is 0 Å². The van der Waals surface area contributed by atoms with Crippen molar-refractivity contribution in [3.8, 4) is 0 Å². The molecule has 5 nitrogen and oxygen atoms in total. The van der Waals surface area contributed by atoms with E-state index >= 15 is 0 Å². The number of ether oxygens (including phenoxy) is 1. The van der Waals surface area contributed by atoms with Gasteiger partial charge in [0, 0.05) is 28.3 Å². The Morgan fingerprint density at radius 3 is 2.80 bits per heavy atom. The van der Waals surface area contributed by atoms with Gasteiger partial charge in [0.05, 0.1) is 23.5 Å². The van der Waals surface area contributed by atoms with E-state index in [2.05, 4.69) is 5.32 Å². The normalized spacial score (nSPS) is 22.2.